The van der Waals surface area contributed by atoms with Crippen molar-refractivity contribution in [1.29, 1.82) is 0 Å². The molecular formula is C14H17NO4. The zero-order chi connectivity index (χ0) is 14.3. The van der Waals surface area contributed by atoms with Crippen molar-refractivity contribution in [1.82, 2.24) is 0 Å². The minimum absolute atomic E-state index is 0.151. The second-order valence-corrected chi connectivity index (χ2v) is 3.97. The summed E-state index contributed by atoms with van der Waals surface area (Å²) < 4.78 is 4.82. The minimum atomic E-state index is -1.02. The van der Waals surface area contributed by atoms with Gasteiger partial charge in [-0.2, -0.15) is 0 Å². The summed E-state index contributed by atoms with van der Waals surface area (Å²) in [5.41, 5.74) is 1.25. The van der Waals surface area contributed by atoms with E-state index in [4.69, 9.17) is 9.84 Å². The van der Waals surface area contributed by atoms with Gasteiger partial charge in [0.1, 0.15) is 0 Å². The molecule has 0 heterocycles. The van der Waals surface area contributed by atoms with Gasteiger partial charge >= 0.3 is 11.9 Å². The fourth-order valence-electron chi connectivity index (χ4n) is 1.53. The second-order valence-electron chi connectivity index (χ2n) is 3.97. The second kappa shape index (κ2) is 7.31. The first-order valence-electron chi connectivity index (χ1n) is 6.06. The fraction of sp³-hybridized carbons (Fsp3) is 0.357. The Kier molecular flexibility index (Phi) is 5.73. The third-order valence-corrected chi connectivity index (χ3v) is 2.44. The van der Waals surface area contributed by atoms with Gasteiger partial charge in [-0.15, -0.1) is 0 Å². The molecule has 0 saturated heterocycles. The Labute approximate surface area is 111 Å². The number of benzene rings is 1. The highest BCUT2D eigenvalue weighted by Crippen LogP contribution is 2.19. The van der Waals surface area contributed by atoms with E-state index in [-0.39, 0.29) is 18.0 Å². The molecule has 0 aromatic heterocycles. The van der Waals surface area contributed by atoms with E-state index >= 15 is 0 Å². The number of ether oxygens (including phenoxy) is 1. The molecule has 0 fully saturated rings. The standard InChI is InChI=1S/C14H17NO4/c1-3-19-13(16)9-8-10(2)15-12-7-5-4-6-11(12)14(17)18/h4-7H,3,8-9H2,1-2H3,(H,17,18). The highest BCUT2D eigenvalue weighted by atomic mass is 16.5. The average Bonchev–Trinajstić information content (AvgIpc) is 2.37. The van der Waals surface area contributed by atoms with Crippen molar-refractivity contribution in [2.45, 2.75) is 26.7 Å². The number of carboxylic acid groups (broad SMARTS) is 1. The Hall–Kier alpha value is -2.17. The minimum Gasteiger partial charge on any atom is -0.478 e. The van der Waals surface area contributed by atoms with E-state index in [1.807, 2.05) is 0 Å². The predicted molar refractivity (Wildman–Crippen MR) is 72.0 cm³/mol. The lowest BCUT2D eigenvalue weighted by Gasteiger charge is -2.04. The van der Waals surface area contributed by atoms with Gasteiger partial charge in [-0.05, 0) is 32.4 Å². The quantitative estimate of drug-likeness (QED) is 0.632. The Morgan fingerprint density at radius 2 is 1.95 bits per heavy atom. The van der Waals surface area contributed by atoms with E-state index in [1.165, 1.54) is 6.07 Å². The lowest BCUT2D eigenvalue weighted by molar-refractivity contribution is -0.142. The van der Waals surface area contributed by atoms with E-state index in [0.717, 1.165) is 0 Å². The van der Waals surface area contributed by atoms with E-state index in [2.05, 4.69) is 4.99 Å². The Morgan fingerprint density at radius 3 is 2.58 bits per heavy atom. The van der Waals surface area contributed by atoms with Gasteiger partial charge < -0.3 is 9.84 Å². The third-order valence-electron chi connectivity index (χ3n) is 2.44. The van der Waals surface area contributed by atoms with E-state index < -0.39 is 5.97 Å². The first kappa shape index (κ1) is 14.9. The SMILES string of the molecule is CCOC(=O)CCC(C)=Nc1ccccc1C(=O)O. The van der Waals surface area contributed by atoms with Crippen LogP contribution in [0.5, 0.6) is 0 Å². The van der Waals surface area contributed by atoms with Crippen LogP contribution in [0.4, 0.5) is 5.69 Å². The molecule has 0 bridgehead atoms. The number of aliphatic imine (C=N–C) groups is 1. The molecular weight excluding hydrogens is 246 g/mol. The molecule has 1 aromatic rings. The first-order chi connectivity index (χ1) is 9.04. The maximum absolute atomic E-state index is 11.2. The van der Waals surface area contributed by atoms with Crippen LogP contribution in [0, 0.1) is 0 Å². The number of aromatic carboxylic acids is 1. The molecule has 0 spiro atoms. The monoisotopic (exact) mass is 263 g/mol. The normalized spacial score (nSPS) is 11.2. The number of carbonyl (C=O) groups excluding carboxylic acids is 1. The summed E-state index contributed by atoms with van der Waals surface area (Å²) in [6.45, 7) is 3.87. The smallest absolute Gasteiger partial charge is 0.337 e. The summed E-state index contributed by atoms with van der Waals surface area (Å²) in [7, 11) is 0. The molecule has 1 rings (SSSR count). The van der Waals surface area contributed by atoms with Gasteiger partial charge in [-0.25, -0.2) is 4.79 Å². The number of rotatable bonds is 6. The zero-order valence-corrected chi connectivity index (χ0v) is 11.0. The van der Waals surface area contributed by atoms with Gasteiger partial charge in [0.05, 0.1) is 24.3 Å². The molecule has 1 aromatic carbocycles. The van der Waals surface area contributed by atoms with Crippen molar-refractivity contribution in [3.8, 4) is 0 Å². The molecule has 0 aliphatic rings. The number of carbonyl (C=O) groups is 2. The zero-order valence-electron chi connectivity index (χ0n) is 11.0. The number of para-hydroxylation sites is 1. The lowest BCUT2D eigenvalue weighted by Crippen LogP contribution is -2.06. The highest BCUT2D eigenvalue weighted by molar-refractivity contribution is 5.96. The number of nitrogens with zero attached hydrogens (tertiary/aromatic N) is 1. The van der Waals surface area contributed by atoms with E-state index in [0.29, 0.717) is 24.4 Å². The van der Waals surface area contributed by atoms with Crippen molar-refractivity contribution in [2.24, 2.45) is 4.99 Å². The summed E-state index contributed by atoms with van der Waals surface area (Å²) in [5, 5.41) is 9.02. The topological polar surface area (TPSA) is 76.0 Å². The Morgan fingerprint density at radius 1 is 1.26 bits per heavy atom. The molecule has 0 radical (unpaired) electrons. The van der Waals surface area contributed by atoms with Crippen molar-refractivity contribution in [3.05, 3.63) is 29.8 Å². The maximum atomic E-state index is 11.2. The third kappa shape index (κ3) is 4.91. The largest absolute Gasteiger partial charge is 0.478 e. The first-order valence-corrected chi connectivity index (χ1v) is 6.06. The summed E-state index contributed by atoms with van der Waals surface area (Å²) >= 11 is 0. The summed E-state index contributed by atoms with van der Waals surface area (Å²) in [5.74, 6) is -1.29. The van der Waals surface area contributed by atoms with Gasteiger partial charge in [0, 0.05) is 5.71 Å². The molecule has 0 saturated carbocycles. The molecule has 0 aliphatic carbocycles. The van der Waals surface area contributed by atoms with Gasteiger partial charge in [0.2, 0.25) is 0 Å². The van der Waals surface area contributed by atoms with Crippen LogP contribution in [-0.4, -0.2) is 29.4 Å². The Balaban J connectivity index is 2.74. The molecule has 1 N–H and O–H groups in total. The summed E-state index contributed by atoms with van der Waals surface area (Å²) in [6, 6.07) is 6.51. The molecule has 0 amide bonds. The molecule has 5 nitrogen and oxygen atoms in total. The maximum Gasteiger partial charge on any atom is 0.337 e. The Bertz CT molecular complexity index is 494. The highest BCUT2D eigenvalue weighted by Gasteiger charge is 2.09. The average molecular weight is 263 g/mol. The van der Waals surface area contributed by atoms with Gasteiger partial charge in [0.25, 0.3) is 0 Å². The van der Waals surface area contributed by atoms with Crippen LogP contribution < -0.4 is 0 Å². The fourth-order valence-corrected chi connectivity index (χ4v) is 1.53. The summed E-state index contributed by atoms with van der Waals surface area (Å²) in [6.07, 6.45) is 0.700. The number of hydrogen-bond donors (Lipinski definition) is 1. The van der Waals surface area contributed by atoms with E-state index in [9.17, 15) is 9.59 Å². The van der Waals surface area contributed by atoms with Crippen molar-refractivity contribution in [2.75, 3.05) is 6.61 Å². The molecule has 102 valence electrons. The number of carboxylic acids is 1. The molecule has 0 aliphatic heterocycles. The van der Waals surface area contributed by atoms with Crippen LogP contribution in [0.15, 0.2) is 29.3 Å². The van der Waals surface area contributed by atoms with Crippen LogP contribution in [0.25, 0.3) is 0 Å². The van der Waals surface area contributed by atoms with Gasteiger partial charge in [0.15, 0.2) is 0 Å². The van der Waals surface area contributed by atoms with Crippen molar-refractivity contribution in [3.63, 3.8) is 0 Å². The van der Waals surface area contributed by atoms with Crippen LogP contribution >= 0.6 is 0 Å². The van der Waals surface area contributed by atoms with Crippen molar-refractivity contribution >= 4 is 23.3 Å². The molecule has 19 heavy (non-hydrogen) atoms. The van der Waals surface area contributed by atoms with Crippen molar-refractivity contribution < 1.29 is 19.4 Å². The van der Waals surface area contributed by atoms with Crippen LogP contribution in [0.1, 0.15) is 37.0 Å². The molecule has 5 heteroatoms. The number of esters is 1. The van der Waals surface area contributed by atoms with Gasteiger partial charge in [-0.3, -0.25) is 9.79 Å². The van der Waals surface area contributed by atoms with E-state index in [1.54, 1.807) is 32.0 Å². The summed E-state index contributed by atoms with van der Waals surface area (Å²) in [4.78, 5) is 26.5. The predicted octanol–water partition coefficient (Wildman–Crippen LogP) is 2.82. The van der Waals surface area contributed by atoms with Crippen LogP contribution in [0.2, 0.25) is 0 Å². The molecule has 0 atom stereocenters. The van der Waals surface area contributed by atoms with Crippen LogP contribution in [-0.2, 0) is 9.53 Å². The number of hydrogen-bond acceptors (Lipinski definition) is 4. The van der Waals surface area contributed by atoms with Crippen LogP contribution in [0.3, 0.4) is 0 Å². The lowest BCUT2D eigenvalue weighted by atomic mass is 10.1. The van der Waals surface area contributed by atoms with Gasteiger partial charge in [-0.1, -0.05) is 12.1 Å². The molecule has 0 unspecified atom stereocenters.